The fourth-order valence-corrected chi connectivity index (χ4v) is 0.548. The van der Waals surface area contributed by atoms with Crippen LogP contribution in [0.4, 0.5) is 4.39 Å². The van der Waals surface area contributed by atoms with Crippen LogP contribution in [0.15, 0.2) is 0 Å². The van der Waals surface area contributed by atoms with Crippen LogP contribution in [0.3, 0.4) is 0 Å². The second-order valence-electron chi connectivity index (χ2n) is 0.880. The first kappa shape index (κ1) is 7.95. The van der Waals surface area contributed by atoms with Crippen LogP contribution in [0, 0.1) is 0 Å². The number of hydrogen-bond acceptors (Lipinski definition) is 3. The summed E-state index contributed by atoms with van der Waals surface area (Å²) in [6, 6.07) is 0. The summed E-state index contributed by atoms with van der Waals surface area (Å²) in [4.78, 5) is 0. The van der Waals surface area contributed by atoms with Crippen molar-refractivity contribution >= 4 is 8.25 Å². The van der Waals surface area contributed by atoms with Gasteiger partial charge in [-0.1, -0.05) is 4.52 Å². The fourth-order valence-electron chi connectivity index (χ4n) is 0.183. The Morgan fingerprint density at radius 3 is 2.62 bits per heavy atom. The minimum Gasteiger partial charge on any atom is -0.214 e. The minimum absolute atomic E-state index is 0.273. The van der Waals surface area contributed by atoms with Crippen LogP contribution >= 0.6 is 8.25 Å². The Balaban J connectivity index is 3.06. The van der Waals surface area contributed by atoms with Crippen molar-refractivity contribution in [1.82, 2.24) is 0 Å². The van der Waals surface area contributed by atoms with E-state index >= 15 is 0 Å². The Kier molecular flexibility index (Phi) is 5.06. The van der Waals surface area contributed by atoms with Crippen molar-refractivity contribution in [2.45, 2.75) is 6.92 Å². The molecule has 0 aliphatic rings. The van der Waals surface area contributed by atoms with Gasteiger partial charge in [0.05, 0.1) is 0 Å². The van der Waals surface area contributed by atoms with Gasteiger partial charge in [0.1, 0.15) is 6.61 Å². The Labute approximate surface area is 47.7 Å². The molecule has 1 unspecified atom stereocenters. The smallest absolute Gasteiger partial charge is 0.214 e. The summed E-state index contributed by atoms with van der Waals surface area (Å²) < 4.78 is 29.4. The molecule has 0 fully saturated rings. The molecule has 0 radical (unpaired) electrons. The van der Waals surface area contributed by atoms with Gasteiger partial charge < -0.3 is 0 Å². The SMILES string of the molecule is CCO[P+](=O)OCF. The zero-order chi connectivity index (χ0) is 6.41. The van der Waals surface area contributed by atoms with Gasteiger partial charge in [0.15, 0.2) is 0 Å². The van der Waals surface area contributed by atoms with E-state index in [4.69, 9.17) is 0 Å². The monoisotopic (exact) mass is 141 g/mol. The molecule has 0 aliphatic heterocycles. The summed E-state index contributed by atoms with van der Waals surface area (Å²) in [5.74, 6) is 0. The highest BCUT2D eigenvalue weighted by atomic mass is 31.1. The van der Waals surface area contributed by atoms with Gasteiger partial charge >= 0.3 is 8.25 Å². The minimum atomic E-state index is -2.21. The van der Waals surface area contributed by atoms with Crippen molar-refractivity contribution in [2.24, 2.45) is 0 Å². The fraction of sp³-hybridized carbons (Fsp3) is 1.00. The predicted octanol–water partition coefficient (Wildman–Crippen LogP) is 1.62. The number of alkyl halides is 1. The van der Waals surface area contributed by atoms with Gasteiger partial charge in [-0.3, -0.25) is 0 Å². The molecule has 48 valence electrons. The molecule has 3 nitrogen and oxygen atoms in total. The van der Waals surface area contributed by atoms with Crippen molar-refractivity contribution in [1.29, 1.82) is 0 Å². The highest BCUT2D eigenvalue weighted by Crippen LogP contribution is 2.22. The molecule has 0 bridgehead atoms. The van der Waals surface area contributed by atoms with E-state index in [1.807, 2.05) is 0 Å². The highest BCUT2D eigenvalue weighted by Gasteiger charge is 2.17. The lowest BCUT2D eigenvalue weighted by Gasteiger charge is -1.77. The Bertz CT molecular complexity index is 68.9. The van der Waals surface area contributed by atoms with Gasteiger partial charge in [0, 0.05) is 4.57 Å². The molecule has 0 saturated carbocycles. The van der Waals surface area contributed by atoms with E-state index in [0.29, 0.717) is 0 Å². The molecule has 8 heavy (non-hydrogen) atoms. The molecule has 0 rings (SSSR count). The van der Waals surface area contributed by atoms with Crippen LogP contribution < -0.4 is 0 Å². The average molecular weight is 141 g/mol. The Hall–Kier alpha value is -0.0500. The largest absolute Gasteiger partial charge is 0.700 e. The Morgan fingerprint density at radius 2 is 2.25 bits per heavy atom. The predicted molar refractivity (Wildman–Crippen MR) is 26.3 cm³/mol. The summed E-state index contributed by atoms with van der Waals surface area (Å²) >= 11 is 0. The first-order valence-electron chi connectivity index (χ1n) is 2.10. The molecule has 0 aromatic rings. The number of halogens is 1. The summed E-state index contributed by atoms with van der Waals surface area (Å²) in [6.07, 6.45) is 0. The van der Waals surface area contributed by atoms with Crippen LogP contribution in [0.1, 0.15) is 6.92 Å². The van der Waals surface area contributed by atoms with E-state index in [9.17, 15) is 8.96 Å². The molecule has 0 spiro atoms. The third-order valence-electron chi connectivity index (χ3n) is 0.389. The maximum atomic E-state index is 11.1. The molecular weight excluding hydrogens is 134 g/mol. The van der Waals surface area contributed by atoms with Crippen LogP contribution in [0.5, 0.6) is 0 Å². The van der Waals surface area contributed by atoms with Crippen LogP contribution in [-0.2, 0) is 13.6 Å². The van der Waals surface area contributed by atoms with Gasteiger partial charge in [0.25, 0.3) is 0 Å². The van der Waals surface area contributed by atoms with E-state index in [1.54, 1.807) is 6.92 Å². The quantitative estimate of drug-likeness (QED) is 0.558. The van der Waals surface area contributed by atoms with Gasteiger partial charge in [-0.2, -0.15) is 0 Å². The van der Waals surface area contributed by atoms with Crippen LogP contribution in [0.2, 0.25) is 0 Å². The third kappa shape index (κ3) is 4.12. The standard InChI is InChI=1S/C3H7FO3P/c1-2-6-8(5)7-3-4/h2-3H2,1H3/q+1. The van der Waals surface area contributed by atoms with Gasteiger partial charge in [-0.05, 0) is 6.92 Å². The lowest BCUT2D eigenvalue weighted by Crippen LogP contribution is -1.80. The summed E-state index contributed by atoms with van der Waals surface area (Å²) in [6.45, 7) is 0.860. The molecule has 0 aliphatic carbocycles. The molecule has 0 N–H and O–H groups in total. The lowest BCUT2D eigenvalue weighted by molar-refractivity contribution is 0.162. The first-order valence-corrected chi connectivity index (χ1v) is 3.19. The molecule has 1 atom stereocenters. The molecule has 0 saturated heterocycles. The van der Waals surface area contributed by atoms with Crippen molar-refractivity contribution in [3.05, 3.63) is 0 Å². The first-order chi connectivity index (χ1) is 3.81. The van der Waals surface area contributed by atoms with Gasteiger partial charge in [0.2, 0.25) is 6.86 Å². The maximum Gasteiger partial charge on any atom is 0.700 e. The summed E-state index contributed by atoms with van der Waals surface area (Å²) in [5, 5.41) is 0. The zero-order valence-electron chi connectivity index (χ0n) is 4.46. The van der Waals surface area contributed by atoms with E-state index < -0.39 is 15.1 Å². The third-order valence-corrected chi connectivity index (χ3v) is 1.17. The zero-order valence-corrected chi connectivity index (χ0v) is 5.36. The topological polar surface area (TPSA) is 35.5 Å². The van der Waals surface area contributed by atoms with Crippen LogP contribution in [0.25, 0.3) is 0 Å². The number of rotatable bonds is 4. The summed E-state index contributed by atoms with van der Waals surface area (Å²) in [7, 11) is -2.21. The second-order valence-corrected chi connectivity index (χ2v) is 1.84. The van der Waals surface area contributed by atoms with Crippen LogP contribution in [-0.4, -0.2) is 13.5 Å². The Morgan fingerprint density at radius 1 is 1.62 bits per heavy atom. The van der Waals surface area contributed by atoms with E-state index in [-0.39, 0.29) is 6.61 Å². The second kappa shape index (κ2) is 5.09. The van der Waals surface area contributed by atoms with Gasteiger partial charge in [-0.25, -0.2) is 4.39 Å². The molecular formula is C3H7FO3P+. The maximum absolute atomic E-state index is 11.1. The lowest BCUT2D eigenvalue weighted by atomic mass is 10.9. The van der Waals surface area contributed by atoms with Crippen molar-refractivity contribution < 1.29 is 18.0 Å². The van der Waals surface area contributed by atoms with E-state index in [0.717, 1.165) is 0 Å². The molecule has 5 heteroatoms. The van der Waals surface area contributed by atoms with Gasteiger partial charge in [-0.15, -0.1) is 4.52 Å². The van der Waals surface area contributed by atoms with Crippen molar-refractivity contribution in [3.8, 4) is 0 Å². The molecule has 0 aromatic heterocycles. The van der Waals surface area contributed by atoms with Crippen molar-refractivity contribution in [3.63, 3.8) is 0 Å². The normalized spacial score (nSPS) is 11.5. The molecule has 0 amide bonds. The number of hydrogen-bond donors (Lipinski definition) is 0. The summed E-state index contributed by atoms with van der Waals surface area (Å²) in [5.41, 5.74) is 0. The molecule has 0 heterocycles. The van der Waals surface area contributed by atoms with E-state index in [1.165, 1.54) is 0 Å². The van der Waals surface area contributed by atoms with E-state index in [2.05, 4.69) is 9.05 Å². The average Bonchev–Trinajstić information content (AvgIpc) is 1.68. The highest BCUT2D eigenvalue weighted by molar-refractivity contribution is 7.33. The molecule has 0 aromatic carbocycles. The van der Waals surface area contributed by atoms with Crippen molar-refractivity contribution in [2.75, 3.05) is 13.5 Å².